The standard InChI is InChI=1S/C14H24N2.ClH/c1-12(13-8-6-5-7-9-13)16(4)11-14(2,3)10-15;/h5-9,12H,10-11,15H2,1-4H3;1H. The maximum atomic E-state index is 5.77. The van der Waals surface area contributed by atoms with E-state index in [0.29, 0.717) is 6.04 Å². The predicted octanol–water partition coefficient (Wildman–Crippen LogP) is 3.09. The predicted molar refractivity (Wildman–Crippen MR) is 77.6 cm³/mol. The van der Waals surface area contributed by atoms with Gasteiger partial charge in [0.1, 0.15) is 0 Å². The molecule has 0 bridgehead atoms. The fourth-order valence-corrected chi connectivity index (χ4v) is 1.86. The summed E-state index contributed by atoms with van der Waals surface area (Å²) in [7, 11) is 2.16. The van der Waals surface area contributed by atoms with E-state index in [9.17, 15) is 0 Å². The van der Waals surface area contributed by atoms with Crippen molar-refractivity contribution < 1.29 is 0 Å². The second-order valence-electron chi connectivity index (χ2n) is 5.37. The molecular formula is C14H25ClN2. The highest BCUT2D eigenvalue weighted by Crippen LogP contribution is 2.23. The summed E-state index contributed by atoms with van der Waals surface area (Å²) >= 11 is 0. The Kier molecular flexibility index (Phi) is 6.76. The Morgan fingerprint density at radius 3 is 2.24 bits per heavy atom. The summed E-state index contributed by atoms with van der Waals surface area (Å²) in [5.41, 5.74) is 7.30. The van der Waals surface area contributed by atoms with Crippen molar-refractivity contribution in [1.82, 2.24) is 4.90 Å². The average Bonchev–Trinajstić information content (AvgIpc) is 2.28. The van der Waals surface area contributed by atoms with Crippen LogP contribution in [-0.4, -0.2) is 25.0 Å². The van der Waals surface area contributed by atoms with Crippen LogP contribution in [0.3, 0.4) is 0 Å². The molecule has 1 unspecified atom stereocenters. The topological polar surface area (TPSA) is 29.3 Å². The first-order valence-electron chi connectivity index (χ1n) is 5.91. The first kappa shape index (κ1) is 16.4. The summed E-state index contributed by atoms with van der Waals surface area (Å²) in [6, 6.07) is 11.0. The Hall–Kier alpha value is -0.570. The molecule has 1 atom stereocenters. The van der Waals surface area contributed by atoms with Crippen LogP contribution in [0, 0.1) is 5.41 Å². The van der Waals surface area contributed by atoms with Gasteiger partial charge in [0, 0.05) is 12.6 Å². The maximum absolute atomic E-state index is 5.77. The van der Waals surface area contributed by atoms with Gasteiger partial charge >= 0.3 is 0 Å². The Morgan fingerprint density at radius 1 is 1.24 bits per heavy atom. The van der Waals surface area contributed by atoms with Crippen molar-refractivity contribution in [3.8, 4) is 0 Å². The Balaban J connectivity index is 0.00000256. The van der Waals surface area contributed by atoms with E-state index in [1.807, 2.05) is 0 Å². The number of nitrogens with zero attached hydrogens (tertiary/aromatic N) is 1. The number of benzene rings is 1. The zero-order chi connectivity index (χ0) is 12.2. The molecular weight excluding hydrogens is 232 g/mol. The van der Waals surface area contributed by atoms with E-state index in [1.54, 1.807) is 0 Å². The maximum Gasteiger partial charge on any atom is 0.0317 e. The van der Waals surface area contributed by atoms with Crippen LogP contribution in [0.4, 0.5) is 0 Å². The van der Waals surface area contributed by atoms with E-state index in [2.05, 4.69) is 63.1 Å². The van der Waals surface area contributed by atoms with Crippen LogP contribution in [-0.2, 0) is 0 Å². The van der Waals surface area contributed by atoms with Gasteiger partial charge in [-0.15, -0.1) is 12.4 Å². The van der Waals surface area contributed by atoms with Crippen LogP contribution in [0.25, 0.3) is 0 Å². The van der Waals surface area contributed by atoms with Gasteiger partial charge in [-0.25, -0.2) is 0 Å². The van der Waals surface area contributed by atoms with Crippen molar-refractivity contribution in [1.29, 1.82) is 0 Å². The molecule has 0 spiro atoms. The third-order valence-electron chi connectivity index (χ3n) is 3.17. The molecule has 17 heavy (non-hydrogen) atoms. The molecule has 1 rings (SSSR count). The van der Waals surface area contributed by atoms with Gasteiger partial charge < -0.3 is 5.73 Å². The molecule has 0 aliphatic heterocycles. The van der Waals surface area contributed by atoms with E-state index in [4.69, 9.17) is 5.73 Å². The molecule has 3 heteroatoms. The van der Waals surface area contributed by atoms with Gasteiger partial charge in [-0.1, -0.05) is 44.2 Å². The number of rotatable bonds is 5. The summed E-state index contributed by atoms with van der Waals surface area (Å²) in [4.78, 5) is 2.36. The molecule has 0 heterocycles. The molecule has 1 aromatic rings. The van der Waals surface area contributed by atoms with Crippen molar-refractivity contribution in [2.45, 2.75) is 26.8 Å². The lowest BCUT2D eigenvalue weighted by Gasteiger charge is -2.33. The molecule has 0 saturated heterocycles. The second kappa shape index (κ2) is 7.00. The fourth-order valence-electron chi connectivity index (χ4n) is 1.86. The van der Waals surface area contributed by atoms with Crippen molar-refractivity contribution >= 4 is 12.4 Å². The highest BCUT2D eigenvalue weighted by molar-refractivity contribution is 5.85. The normalized spacial score (nSPS) is 13.3. The van der Waals surface area contributed by atoms with Gasteiger partial charge in [-0.05, 0) is 31.5 Å². The summed E-state index contributed by atoms with van der Waals surface area (Å²) in [6.07, 6.45) is 0. The largest absolute Gasteiger partial charge is 0.330 e. The van der Waals surface area contributed by atoms with Crippen LogP contribution in [0.15, 0.2) is 30.3 Å². The molecule has 2 nitrogen and oxygen atoms in total. The van der Waals surface area contributed by atoms with E-state index >= 15 is 0 Å². The van der Waals surface area contributed by atoms with E-state index in [0.717, 1.165) is 13.1 Å². The number of halogens is 1. The average molecular weight is 257 g/mol. The molecule has 0 aromatic heterocycles. The molecule has 0 amide bonds. The SMILES string of the molecule is CC(c1ccccc1)N(C)CC(C)(C)CN.Cl. The molecule has 1 aromatic carbocycles. The van der Waals surface area contributed by atoms with Gasteiger partial charge in [-0.3, -0.25) is 4.90 Å². The third-order valence-corrected chi connectivity index (χ3v) is 3.17. The Bertz CT molecular complexity index is 311. The Morgan fingerprint density at radius 2 is 1.76 bits per heavy atom. The van der Waals surface area contributed by atoms with Crippen LogP contribution in [0.5, 0.6) is 0 Å². The highest BCUT2D eigenvalue weighted by atomic mass is 35.5. The number of hydrogen-bond acceptors (Lipinski definition) is 2. The number of hydrogen-bond donors (Lipinski definition) is 1. The number of nitrogens with two attached hydrogens (primary N) is 1. The summed E-state index contributed by atoms with van der Waals surface area (Å²) in [5, 5.41) is 0. The van der Waals surface area contributed by atoms with Crippen molar-refractivity contribution in [2.75, 3.05) is 20.1 Å². The first-order chi connectivity index (χ1) is 7.46. The van der Waals surface area contributed by atoms with Gasteiger partial charge in [0.05, 0.1) is 0 Å². The zero-order valence-electron chi connectivity index (χ0n) is 11.3. The lowest BCUT2D eigenvalue weighted by atomic mass is 9.92. The molecule has 0 fully saturated rings. The van der Waals surface area contributed by atoms with Crippen molar-refractivity contribution in [3.05, 3.63) is 35.9 Å². The van der Waals surface area contributed by atoms with Crippen LogP contribution in [0.1, 0.15) is 32.4 Å². The van der Waals surface area contributed by atoms with Gasteiger partial charge in [-0.2, -0.15) is 0 Å². The molecule has 0 aliphatic carbocycles. The quantitative estimate of drug-likeness (QED) is 0.877. The van der Waals surface area contributed by atoms with E-state index in [1.165, 1.54) is 5.56 Å². The zero-order valence-corrected chi connectivity index (χ0v) is 12.1. The van der Waals surface area contributed by atoms with Crippen molar-refractivity contribution in [3.63, 3.8) is 0 Å². The van der Waals surface area contributed by atoms with Gasteiger partial charge in [0.15, 0.2) is 0 Å². The van der Waals surface area contributed by atoms with Crippen LogP contribution < -0.4 is 5.73 Å². The lowest BCUT2D eigenvalue weighted by molar-refractivity contribution is 0.174. The summed E-state index contributed by atoms with van der Waals surface area (Å²) in [6.45, 7) is 8.39. The summed E-state index contributed by atoms with van der Waals surface area (Å²) in [5.74, 6) is 0. The fraction of sp³-hybridized carbons (Fsp3) is 0.571. The van der Waals surface area contributed by atoms with Crippen molar-refractivity contribution in [2.24, 2.45) is 11.1 Å². The van der Waals surface area contributed by atoms with E-state index < -0.39 is 0 Å². The lowest BCUT2D eigenvalue weighted by Crippen LogP contribution is -2.37. The molecule has 98 valence electrons. The Labute approximate surface area is 112 Å². The molecule has 0 saturated carbocycles. The second-order valence-corrected chi connectivity index (χ2v) is 5.37. The van der Waals surface area contributed by atoms with E-state index in [-0.39, 0.29) is 17.8 Å². The minimum atomic E-state index is 0. The monoisotopic (exact) mass is 256 g/mol. The van der Waals surface area contributed by atoms with Gasteiger partial charge in [0.25, 0.3) is 0 Å². The smallest absolute Gasteiger partial charge is 0.0317 e. The molecule has 0 radical (unpaired) electrons. The molecule has 0 aliphatic rings. The minimum Gasteiger partial charge on any atom is -0.330 e. The first-order valence-corrected chi connectivity index (χ1v) is 5.91. The molecule has 2 N–H and O–H groups in total. The van der Waals surface area contributed by atoms with Crippen LogP contribution in [0.2, 0.25) is 0 Å². The third kappa shape index (κ3) is 5.07. The van der Waals surface area contributed by atoms with Crippen LogP contribution >= 0.6 is 12.4 Å². The minimum absolute atomic E-state index is 0. The summed E-state index contributed by atoms with van der Waals surface area (Å²) < 4.78 is 0. The highest BCUT2D eigenvalue weighted by Gasteiger charge is 2.21. The van der Waals surface area contributed by atoms with Gasteiger partial charge in [0.2, 0.25) is 0 Å².